The van der Waals surface area contributed by atoms with Gasteiger partial charge >= 0.3 is 0 Å². The maximum absolute atomic E-state index is 13.2. The number of rotatable bonds is 8. The van der Waals surface area contributed by atoms with Gasteiger partial charge in [0, 0.05) is 26.2 Å². The van der Waals surface area contributed by atoms with E-state index >= 15 is 0 Å². The summed E-state index contributed by atoms with van der Waals surface area (Å²) in [5, 5.41) is 5.58. The smallest absolute Gasteiger partial charge is 0.259 e. The summed E-state index contributed by atoms with van der Waals surface area (Å²) in [6, 6.07) is 10.8. The van der Waals surface area contributed by atoms with Gasteiger partial charge in [-0.1, -0.05) is 12.1 Å². The highest BCUT2D eigenvalue weighted by atomic mass is 32.2. The summed E-state index contributed by atoms with van der Waals surface area (Å²) in [6.45, 7) is 2.18. The molecule has 4 rings (SSSR count). The predicted octanol–water partition coefficient (Wildman–Crippen LogP) is 1.88. The minimum absolute atomic E-state index is 0.0129. The lowest BCUT2D eigenvalue weighted by Gasteiger charge is -2.26. The Morgan fingerprint density at radius 2 is 1.83 bits per heavy atom. The number of carbonyl (C=O) groups excluding carboxylic acids is 2. The quantitative estimate of drug-likeness (QED) is 0.564. The second-order valence-electron chi connectivity index (χ2n) is 8.22. The molecule has 0 unspecified atom stereocenters. The van der Waals surface area contributed by atoms with Crippen molar-refractivity contribution >= 4 is 27.5 Å². The van der Waals surface area contributed by atoms with Crippen molar-refractivity contribution in [1.82, 2.24) is 9.62 Å². The highest BCUT2D eigenvalue weighted by Crippen LogP contribution is 2.27. The van der Waals surface area contributed by atoms with E-state index in [1.54, 1.807) is 24.3 Å². The molecule has 10 nitrogen and oxygen atoms in total. The van der Waals surface area contributed by atoms with Crippen LogP contribution in [0.1, 0.15) is 33.6 Å². The van der Waals surface area contributed by atoms with Gasteiger partial charge in [-0.05, 0) is 43.2 Å². The molecule has 2 aliphatic heterocycles. The summed E-state index contributed by atoms with van der Waals surface area (Å²) in [4.78, 5) is 26.0. The average molecular weight is 504 g/mol. The van der Waals surface area contributed by atoms with Gasteiger partial charge in [0.2, 0.25) is 10.0 Å². The zero-order valence-electron chi connectivity index (χ0n) is 19.5. The van der Waals surface area contributed by atoms with Crippen LogP contribution in [-0.2, 0) is 19.5 Å². The molecule has 2 fully saturated rings. The number of morpholine rings is 1. The van der Waals surface area contributed by atoms with E-state index in [9.17, 15) is 18.0 Å². The van der Waals surface area contributed by atoms with E-state index in [1.165, 1.54) is 29.6 Å². The van der Waals surface area contributed by atoms with Crippen LogP contribution in [0.5, 0.6) is 5.75 Å². The zero-order chi connectivity index (χ0) is 24.8. The topological polar surface area (TPSA) is 123 Å². The molecule has 0 aliphatic carbocycles. The minimum Gasteiger partial charge on any atom is -0.496 e. The Balaban J connectivity index is 1.55. The maximum atomic E-state index is 13.2. The first-order valence-electron chi connectivity index (χ1n) is 11.5. The number of nitrogens with one attached hydrogen (secondary N) is 2. The van der Waals surface area contributed by atoms with Crippen LogP contribution >= 0.6 is 0 Å². The van der Waals surface area contributed by atoms with Gasteiger partial charge < -0.3 is 24.8 Å². The van der Waals surface area contributed by atoms with Crippen LogP contribution in [0.25, 0.3) is 0 Å². The molecular weight excluding hydrogens is 474 g/mol. The van der Waals surface area contributed by atoms with Crippen LogP contribution in [0.4, 0.5) is 5.69 Å². The van der Waals surface area contributed by atoms with E-state index in [-0.39, 0.29) is 46.9 Å². The molecule has 0 aromatic heterocycles. The molecule has 0 radical (unpaired) electrons. The molecule has 2 N–H and O–H groups in total. The van der Waals surface area contributed by atoms with Crippen LogP contribution in [0.15, 0.2) is 47.4 Å². The number of hydrogen-bond acceptors (Lipinski definition) is 7. The summed E-state index contributed by atoms with van der Waals surface area (Å²) >= 11 is 0. The third-order valence-electron chi connectivity index (χ3n) is 5.96. The molecule has 2 amide bonds. The number of para-hydroxylation sites is 1. The van der Waals surface area contributed by atoms with Crippen molar-refractivity contribution in [3.63, 3.8) is 0 Å². The molecule has 0 spiro atoms. The number of nitrogens with zero attached hydrogens (tertiary/aromatic N) is 1. The van der Waals surface area contributed by atoms with E-state index < -0.39 is 15.9 Å². The third kappa shape index (κ3) is 5.81. The highest BCUT2D eigenvalue weighted by molar-refractivity contribution is 7.89. The van der Waals surface area contributed by atoms with E-state index in [0.717, 1.165) is 12.8 Å². The molecule has 35 heavy (non-hydrogen) atoms. The maximum Gasteiger partial charge on any atom is 0.259 e. The summed E-state index contributed by atoms with van der Waals surface area (Å²) < 4.78 is 43.6. The van der Waals surface area contributed by atoms with Crippen LogP contribution < -0.4 is 15.4 Å². The van der Waals surface area contributed by atoms with Crippen molar-refractivity contribution in [1.29, 1.82) is 0 Å². The number of carbonyl (C=O) groups is 2. The van der Waals surface area contributed by atoms with Gasteiger partial charge in [0.1, 0.15) is 5.75 Å². The number of amides is 2. The summed E-state index contributed by atoms with van der Waals surface area (Å²) in [6.07, 6.45) is 1.85. The van der Waals surface area contributed by atoms with E-state index in [2.05, 4.69) is 10.6 Å². The Kier molecular flexibility index (Phi) is 8.01. The molecule has 2 heterocycles. The van der Waals surface area contributed by atoms with Gasteiger partial charge in [0.05, 0.1) is 48.1 Å². The SMILES string of the molecule is COc1ccc(S(=O)(=O)N2CCOCC2)cc1C(=O)Nc1ccccc1C(=O)NC[C@@H]1CCCO1. The lowest BCUT2D eigenvalue weighted by Crippen LogP contribution is -2.40. The average Bonchev–Trinajstić information content (AvgIpc) is 3.41. The second-order valence-corrected chi connectivity index (χ2v) is 10.2. The first-order valence-corrected chi connectivity index (χ1v) is 12.9. The molecule has 0 bridgehead atoms. The van der Waals surface area contributed by atoms with Gasteiger partial charge in [-0.3, -0.25) is 9.59 Å². The Hall–Kier alpha value is -2.99. The molecule has 2 aromatic carbocycles. The number of anilines is 1. The molecule has 2 aromatic rings. The number of sulfonamides is 1. The van der Waals surface area contributed by atoms with E-state index in [0.29, 0.717) is 32.1 Å². The predicted molar refractivity (Wildman–Crippen MR) is 128 cm³/mol. The van der Waals surface area contributed by atoms with Crippen molar-refractivity contribution in [3.8, 4) is 5.75 Å². The van der Waals surface area contributed by atoms with Gasteiger partial charge in [-0.2, -0.15) is 4.31 Å². The Bertz CT molecular complexity index is 1170. The molecule has 11 heteroatoms. The second kappa shape index (κ2) is 11.2. The number of methoxy groups -OCH3 is 1. The normalized spacial score (nSPS) is 18.7. The fourth-order valence-electron chi connectivity index (χ4n) is 4.05. The summed E-state index contributed by atoms with van der Waals surface area (Å²) in [5.74, 6) is -0.726. The Morgan fingerprint density at radius 3 is 2.54 bits per heavy atom. The number of hydrogen-bond donors (Lipinski definition) is 2. The van der Waals surface area contributed by atoms with Crippen LogP contribution in [0.2, 0.25) is 0 Å². The Morgan fingerprint density at radius 1 is 1.06 bits per heavy atom. The molecular formula is C24H29N3O7S. The van der Waals surface area contributed by atoms with Crippen molar-refractivity contribution < 1.29 is 32.2 Å². The standard InChI is InChI=1S/C24H29N3O7S/c1-32-22-9-8-18(35(30,31)27-10-13-33-14-11-27)15-20(22)24(29)26-21-7-3-2-6-19(21)23(28)25-16-17-5-4-12-34-17/h2-3,6-9,15,17H,4-5,10-14,16H2,1H3,(H,25,28)(H,26,29)/t17-/m0/s1. The molecule has 0 saturated carbocycles. The van der Waals surface area contributed by atoms with Gasteiger partial charge in [0.25, 0.3) is 11.8 Å². The molecule has 1 atom stereocenters. The van der Waals surface area contributed by atoms with Gasteiger partial charge in [-0.25, -0.2) is 8.42 Å². The minimum atomic E-state index is -3.81. The summed E-state index contributed by atoms with van der Waals surface area (Å²) in [5.41, 5.74) is 0.622. The monoisotopic (exact) mass is 503 g/mol. The van der Waals surface area contributed by atoms with E-state index in [4.69, 9.17) is 14.2 Å². The van der Waals surface area contributed by atoms with Crippen molar-refractivity contribution in [2.24, 2.45) is 0 Å². The molecule has 188 valence electrons. The van der Waals surface area contributed by atoms with Crippen molar-refractivity contribution in [2.45, 2.75) is 23.8 Å². The highest BCUT2D eigenvalue weighted by Gasteiger charge is 2.28. The Labute approximate surface area is 204 Å². The third-order valence-corrected chi connectivity index (χ3v) is 7.85. The fraction of sp³-hybridized carbons (Fsp3) is 0.417. The van der Waals surface area contributed by atoms with E-state index in [1.807, 2.05) is 0 Å². The van der Waals surface area contributed by atoms with Crippen LogP contribution in [0, 0.1) is 0 Å². The zero-order valence-corrected chi connectivity index (χ0v) is 20.3. The van der Waals surface area contributed by atoms with Gasteiger partial charge in [-0.15, -0.1) is 0 Å². The number of benzene rings is 2. The lowest BCUT2D eigenvalue weighted by molar-refractivity contribution is 0.0730. The van der Waals surface area contributed by atoms with Gasteiger partial charge in [0.15, 0.2) is 0 Å². The summed E-state index contributed by atoms with van der Waals surface area (Å²) in [7, 11) is -2.41. The van der Waals surface area contributed by atoms with Crippen molar-refractivity contribution in [3.05, 3.63) is 53.6 Å². The van der Waals surface area contributed by atoms with Crippen LogP contribution in [-0.4, -0.2) is 77.2 Å². The first kappa shape index (κ1) is 25.1. The fourth-order valence-corrected chi connectivity index (χ4v) is 5.48. The van der Waals surface area contributed by atoms with Crippen LogP contribution in [0.3, 0.4) is 0 Å². The molecule has 2 aliphatic rings. The number of ether oxygens (including phenoxy) is 3. The first-order chi connectivity index (χ1) is 16.9. The largest absolute Gasteiger partial charge is 0.496 e. The van der Waals surface area contributed by atoms with Crippen molar-refractivity contribution in [2.75, 3.05) is 51.9 Å². The lowest BCUT2D eigenvalue weighted by atomic mass is 10.1. The molecule has 2 saturated heterocycles.